The molecule has 1 aliphatic heterocycles. The fraction of sp³-hybridized carbons (Fsp3) is 0.923. The molecule has 1 atom stereocenters. The minimum atomic E-state index is 0.0426. The standard InChI is InChI=1S/C13H25NO3/c1-2-3-7-14(8-9-15)13(16)11-12-6-4-5-10-17-12/h12,15H,2-11H2,1H3. The first-order chi connectivity index (χ1) is 8.27. The SMILES string of the molecule is CCCCN(CCO)C(=O)CC1CCCCO1. The molecule has 1 N–H and O–H groups in total. The van der Waals surface area contributed by atoms with Gasteiger partial charge in [-0.25, -0.2) is 0 Å². The lowest BCUT2D eigenvalue weighted by Crippen LogP contribution is -2.37. The first-order valence-electron chi connectivity index (χ1n) is 6.78. The van der Waals surface area contributed by atoms with Crippen molar-refractivity contribution in [2.45, 2.75) is 51.6 Å². The van der Waals surface area contributed by atoms with Crippen LogP contribution in [0.1, 0.15) is 45.4 Å². The predicted octanol–water partition coefficient (Wildman–Crippen LogP) is 1.57. The lowest BCUT2D eigenvalue weighted by Gasteiger charge is -2.26. The van der Waals surface area contributed by atoms with E-state index in [9.17, 15) is 4.79 Å². The van der Waals surface area contributed by atoms with E-state index in [0.717, 1.165) is 45.3 Å². The Morgan fingerprint density at radius 3 is 2.82 bits per heavy atom. The minimum absolute atomic E-state index is 0.0426. The molecule has 1 heterocycles. The molecular formula is C13H25NO3. The van der Waals surface area contributed by atoms with E-state index in [1.165, 1.54) is 0 Å². The average Bonchev–Trinajstić information content (AvgIpc) is 2.35. The Morgan fingerprint density at radius 1 is 1.41 bits per heavy atom. The van der Waals surface area contributed by atoms with Gasteiger partial charge in [-0.15, -0.1) is 0 Å². The molecule has 4 nitrogen and oxygen atoms in total. The van der Waals surface area contributed by atoms with E-state index >= 15 is 0 Å². The summed E-state index contributed by atoms with van der Waals surface area (Å²) in [5, 5.41) is 8.97. The molecule has 1 fully saturated rings. The Hall–Kier alpha value is -0.610. The van der Waals surface area contributed by atoms with Gasteiger partial charge in [-0.2, -0.15) is 0 Å². The van der Waals surface area contributed by atoms with Crippen LogP contribution < -0.4 is 0 Å². The van der Waals surface area contributed by atoms with Crippen LogP contribution in [0.2, 0.25) is 0 Å². The second kappa shape index (κ2) is 8.48. The number of hydrogen-bond acceptors (Lipinski definition) is 3. The number of ether oxygens (including phenoxy) is 1. The van der Waals surface area contributed by atoms with Crippen LogP contribution in [0.5, 0.6) is 0 Å². The van der Waals surface area contributed by atoms with E-state index in [0.29, 0.717) is 13.0 Å². The van der Waals surface area contributed by atoms with Crippen molar-refractivity contribution in [3.05, 3.63) is 0 Å². The fourth-order valence-electron chi connectivity index (χ4n) is 2.12. The maximum Gasteiger partial charge on any atom is 0.225 e. The van der Waals surface area contributed by atoms with Crippen molar-refractivity contribution < 1.29 is 14.6 Å². The maximum absolute atomic E-state index is 12.0. The number of amides is 1. The number of aliphatic hydroxyl groups excluding tert-OH is 1. The van der Waals surface area contributed by atoms with Crippen LogP contribution in [0.4, 0.5) is 0 Å². The molecule has 0 aromatic heterocycles. The van der Waals surface area contributed by atoms with Gasteiger partial charge in [0.05, 0.1) is 19.1 Å². The number of hydrogen-bond donors (Lipinski definition) is 1. The zero-order valence-corrected chi connectivity index (χ0v) is 10.9. The van der Waals surface area contributed by atoms with Crippen LogP contribution in [-0.2, 0) is 9.53 Å². The molecule has 17 heavy (non-hydrogen) atoms. The van der Waals surface area contributed by atoms with Gasteiger partial charge >= 0.3 is 0 Å². The monoisotopic (exact) mass is 243 g/mol. The molecule has 100 valence electrons. The molecule has 0 aromatic carbocycles. The number of rotatable bonds is 7. The van der Waals surface area contributed by atoms with E-state index in [-0.39, 0.29) is 18.6 Å². The molecule has 1 saturated heterocycles. The molecular weight excluding hydrogens is 218 g/mol. The lowest BCUT2D eigenvalue weighted by molar-refractivity contribution is -0.135. The fourth-order valence-corrected chi connectivity index (χ4v) is 2.12. The number of unbranched alkanes of at least 4 members (excludes halogenated alkanes) is 1. The summed E-state index contributed by atoms with van der Waals surface area (Å²) in [7, 11) is 0. The molecule has 1 amide bonds. The summed E-state index contributed by atoms with van der Waals surface area (Å²) in [6.07, 6.45) is 5.90. The minimum Gasteiger partial charge on any atom is -0.395 e. The van der Waals surface area contributed by atoms with Gasteiger partial charge in [0, 0.05) is 19.7 Å². The van der Waals surface area contributed by atoms with Crippen LogP contribution >= 0.6 is 0 Å². The average molecular weight is 243 g/mol. The van der Waals surface area contributed by atoms with E-state index in [4.69, 9.17) is 9.84 Å². The van der Waals surface area contributed by atoms with E-state index in [1.807, 2.05) is 0 Å². The van der Waals surface area contributed by atoms with Gasteiger partial charge in [0.25, 0.3) is 0 Å². The Kier molecular flexibility index (Phi) is 7.21. The first kappa shape index (κ1) is 14.5. The van der Waals surface area contributed by atoms with Crippen LogP contribution in [0.25, 0.3) is 0 Å². The Labute approximate surface area is 104 Å². The third kappa shape index (κ3) is 5.50. The van der Waals surface area contributed by atoms with Crippen molar-refractivity contribution in [3.8, 4) is 0 Å². The Morgan fingerprint density at radius 2 is 2.24 bits per heavy atom. The zero-order valence-electron chi connectivity index (χ0n) is 10.9. The van der Waals surface area contributed by atoms with Crippen molar-refractivity contribution >= 4 is 5.91 Å². The highest BCUT2D eigenvalue weighted by Crippen LogP contribution is 2.16. The molecule has 1 rings (SSSR count). The number of aliphatic hydroxyl groups is 1. The summed E-state index contributed by atoms with van der Waals surface area (Å²) in [4.78, 5) is 13.8. The molecule has 0 aromatic rings. The number of carbonyl (C=O) groups is 1. The van der Waals surface area contributed by atoms with E-state index in [1.54, 1.807) is 4.90 Å². The summed E-state index contributed by atoms with van der Waals surface area (Å²) in [6, 6.07) is 0. The third-order valence-corrected chi connectivity index (χ3v) is 3.18. The molecule has 0 radical (unpaired) electrons. The van der Waals surface area contributed by atoms with Crippen molar-refractivity contribution in [2.24, 2.45) is 0 Å². The van der Waals surface area contributed by atoms with Gasteiger partial charge in [-0.05, 0) is 25.7 Å². The van der Waals surface area contributed by atoms with Gasteiger partial charge in [0.2, 0.25) is 5.91 Å². The van der Waals surface area contributed by atoms with Crippen LogP contribution in [0.15, 0.2) is 0 Å². The van der Waals surface area contributed by atoms with Crippen molar-refractivity contribution in [1.82, 2.24) is 4.90 Å². The summed E-state index contributed by atoms with van der Waals surface area (Å²) in [6.45, 7) is 4.13. The van der Waals surface area contributed by atoms with Crippen molar-refractivity contribution in [1.29, 1.82) is 0 Å². The molecule has 1 unspecified atom stereocenters. The second-order valence-corrected chi connectivity index (χ2v) is 4.65. The zero-order chi connectivity index (χ0) is 12.5. The van der Waals surface area contributed by atoms with Gasteiger partial charge in [-0.3, -0.25) is 4.79 Å². The summed E-state index contributed by atoms with van der Waals surface area (Å²) in [5.41, 5.74) is 0. The molecule has 4 heteroatoms. The smallest absolute Gasteiger partial charge is 0.225 e. The predicted molar refractivity (Wildman–Crippen MR) is 66.8 cm³/mol. The van der Waals surface area contributed by atoms with E-state index < -0.39 is 0 Å². The lowest BCUT2D eigenvalue weighted by atomic mass is 10.1. The topological polar surface area (TPSA) is 49.8 Å². The molecule has 0 spiro atoms. The molecule has 0 bridgehead atoms. The first-order valence-corrected chi connectivity index (χ1v) is 6.78. The summed E-state index contributed by atoms with van der Waals surface area (Å²) >= 11 is 0. The van der Waals surface area contributed by atoms with Gasteiger partial charge in [-0.1, -0.05) is 13.3 Å². The maximum atomic E-state index is 12.0. The number of nitrogens with zero attached hydrogens (tertiary/aromatic N) is 1. The summed E-state index contributed by atoms with van der Waals surface area (Å²) in [5.74, 6) is 0.124. The molecule has 1 aliphatic rings. The van der Waals surface area contributed by atoms with Gasteiger partial charge in [0.1, 0.15) is 0 Å². The second-order valence-electron chi connectivity index (χ2n) is 4.65. The highest BCUT2D eigenvalue weighted by atomic mass is 16.5. The highest BCUT2D eigenvalue weighted by Gasteiger charge is 2.21. The van der Waals surface area contributed by atoms with Crippen LogP contribution in [0, 0.1) is 0 Å². The highest BCUT2D eigenvalue weighted by molar-refractivity contribution is 5.76. The molecule has 0 saturated carbocycles. The van der Waals surface area contributed by atoms with Crippen molar-refractivity contribution in [2.75, 3.05) is 26.3 Å². The van der Waals surface area contributed by atoms with Gasteiger partial charge < -0.3 is 14.7 Å². The Balaban J connectivity index is 2.34. The van der Waals surface area contributed by atoms with Crippen molar-refractivity contribution in [3.63, 3.8) is 0 Å². The molecule has 0 aliphatic carbocycles. The largest absolute Gasteiger partial charge is 0.395 e. The third-order valence-electron chi connectivity index (χ3n) is 3.18. The van der Waals surface area contributed by atoms with E-state index in [2.05, 4.69) is 6.92 Å². The van der Waals surface area contributed by atoms with Crippen LogP contribution in [-0.4, -0.2) is 48.3 Å². The normalized spacial score (nSPS) is 20.2. The quantitative estimate of drug-likeness (QED) is 0.738. The van der Waals surface area contributed by atoms with Gasteiger partial charge in [0.15, 0.2) is 0 Å². The Bertz CT molecular complexity index is 215. The summed E-state index contributed by atoms with van der Waals surface area (Å²) < 4.78 is 5.57. The number of carbonyl (C=O) groups excluding carboxylic acids is 1. The van der Waals surface area contributed by atoms with Crippen LogP contribution in [0.3, 0.4) is 0 Å².